The molecule has 4 N–H and O–H groups in total. The molecule has 1 aliphatic rings. The molecule has 7 heteroatoms. The van der Waals surface area contributed by atoms with Crippen LogP contribution in [0.1, 0.15) is 5.56 Å². The zero-order valence-electron chi connectivity index (χ0n) is 11.9. The molecule has 0 spiro atoms. The predicted molar refractivity (Wildman–Crippen MR) is 82.2 cm³/mol. The molecule has 0 atom stereocenters. The maximum atomic E-state index is 8.86. The molecule has 0 bridgehead atoms. The molecule has 0 fully saturated rings. The van der Waals surface area contributed by atoms with E-state index in [9.17, 15) is 0 Å². The molecule has 0 aromatic carbocycles. The topological polar surface area (TPSA) is 100 Å². The summed E-state index contributed by atoms with van der Waals surface area (Å²) >= 11 is 0. The minimum atomic E-state index is 0.0337. The maximum Gasteiger partial charge on any atom is 0.222 e. The fourth-order valence-corrected chi connectivity index (χ4v) is 2.45. The van der Waals surface area contributed by atoms with Gasteiger partial charge in [-0.25, -0.2) is 9.97 Å². The lowest BCUT2D eigenvalue weighted by Gasteiger charge is -2.11. The predicted octanol–water partition coefficient (Wildman–Crippen LogP) is 0.517. The second-order valence-corrected chi connectivity index (χ2v) is 5.03. The molecule has 0 radical (unpaired) electrons. The van der Waals surface area contributed by atoms with E-state index >= 15 is 0 Å². The van der Waals surface area contributed by atoms with Crippen LogP contribution >= 0.6 is 0 Å². The number of likely N-dealkylation sites (N-methyl/N-ethyl adjacent to an activating group) is 1. The SMILES string of the molecule is CN1CCc2cc(-c3cc(NCCO)nc(N)n3)cnc21. The molecule has 0 amide bonds. The van der Waals surface area contributed by atoms with Gasteiger partial charge in [-0.1, -0.05) is 0 Å². The molecular formula is C14H18N6O. The van der Waals surface area contributed by atoms with Gasteiger partial charge in [0.15, 0.2) is 0 Å². The summed E-state index contributed by atoms with van der Waals surface area (Å²) in [5.41, 5.74) is 8.62. The Bertz CT molecular complexity index is 660. The Morgan fingerprint density at radius 3 is 3.05 bits per heavy atom. The summed E-state index contributed by atoms with van der Waals surface area (Å²) in [5.74, 6) is 1.83. The van der Waals surface area contributed by atoms with Crippen LogP contribution in [0, 0.1) is 0 Å². The van der Waals surface area contributed by atoms with E-state index in [4.69, 9.17) is 10.8 Å². The number of nitrogens with one attached hydrogen (secondary N) is 1. The van der Waals surface area contributed by atoms with Crippen LogP contribution in [0.25, 0.3) is 11.3 Å². The Morgan fingerprint density at radius 2 is 2.24 bits per heavy atom. The van der Waals surface area contributed by atoms with E-state index in [1.165, 1.54) is 5.56 Å². The molecule has 2 aromatic rings. The van der Waals surface area contributed by atoms with Crippen molar-refractivity contribution in [2.24, 2.45) is 0 Å². The van der Waals surface area contributed by atoms with Gasteiger partial charge >= 0.3 is 0 Å². The third-order valence-corrected chi connectivity index (χ3v) is 3.48. The Morgan fingerprint density at radius 1 is 1.38 bits per heavy atom. The minimum absolute atomic E-state index is 0.0337. The van der Waals surface area contributed by atoms with Crippen molar-refractivity contribution in [2.45, 2.75) is 6.42 Å². The van der Waals surface area contributed by atoms with Crippen LogP contribution in [0.2, 0.25) is 0 Å². The molecular weight excluding hydrogens is 268 g/mol. The maximum absolute atomic E-state index is 8.86. The van der Waals surface area contributed by atoms with Gasteiger partial charge in [-0.05, 0) is 18.1 Å². The highest BCUT2D eigenvalue weighted by molar-refractivity contribution is 5.67. The highest BCUT2D eigenvalue weighted by Crippen LogP contribution is 2.29. The Hall–Kier alpha value is -2.41. The molecule has 1 aliphatic heterocycles. The van der Waals surface area contributed by atoms with Crippen LogP contribution in [-0.4, -0.2) is 46.8 Å². The number of nitrogens with zero attached hydrogens (tertiary/aromatic N) is 4. The molecule has 110 valence electrons. The highest BCUT2D eigenvalue weighted by Gasteiger charge is 2.18. The van der Waals surface area contributed by atoms with E-state index < -0.39 is 0 Å². The Kier molecular flexibility index (Phi) is 3.57. The lowest BCUT2D eigenvalue weighted by atomic mass is 10.1. The van der Waals surface area contributed by atoms with E-state index in [0.717, 1.165) is 30.0 Å². The molecule has 0 saturated carbocycles. The van der Waals surface area contributed by atoms with Gasteiger partial charge in [-0.15, -0.1) is 0 Å². The Labute approximate surface area is 122 Å². The number of hydrogen-bond donors (Lipinski definition) is 3. The van der Waals surface area contributed by atoms with Crippen LogP contribution in [-0.2, 0) is 6.42 Å². The van der Waals surface area contributed by atoms with E-state index in [1.54, 1.807) is 6.20 Å². The van der Waals surface area contributed by atoms with Crippen molar-refractivity contribution >= 4 is 17.6 Å². The van der Waals surface area contributed by atoms with Gasteiger partial charge in [0.1, 0.15) is 11.6 Å². The van der Waals surface area contributed by atoms with Gasteiger partial charge in [0.2, 0.25) is 5.95 Å². The van der Waals surface area contributed by atoms with Gasteiger partial charge in [-0.2, -0.15) is 4.98 Å². The highest BCUT2D eigenvalue weighted by atomic mass is 16.3. The monoisotopic (exact) mass is 286 g/mol. The summed E-state index contributed by atoms with van der Waals surface area (Å²) in [4.78, 5) is 15.0. The van der Waals surface area contributed by atoms with E-state index in [0.29, 0.717) is 12.4 Å². The lowest BCUT2D eigenvalue weighted by molar-refractivity contribution is 0.311. The van der Waals surface area contributed by atoms with Crippen LogP contribution in [0.15, 0.2) is 18.3 Å². The minimum Gasteiger partial charge on any atom is -0.395 e. The van der Waals surface area contributed by atoms with E-state index in [-0.39, 0.29) is 12.6 Å². The lowest BCUT2D eigenvalue weighted by Crippen LogP contribution is -2.13. The third-order valence-electron chi connectivity index (χ3n) is 3.48. The van der Waals surface area contributed by atoms with Crippen LogP contribution in [0.3, 0.4) is 0 Å². The summed E-state index contributed by atoms with van der Waals surface area (Å²) < 4.78 is 0. The second-order valence-electron chi connectivity index (χ2n) is 5.03. The number of nitrogen functional groups attached to an aromatic ring is 1. The molecule has 3 rings (SSSR count). The summed E-state index contributed by atoms with van der Waals surface area (Å²) in [6.45, 7) is 1.44. The number of hydrogen-bond acceptors (Lipinski definition) is 7. The first kappa shape index (κ1) is 13.6. The van der Waals surface area contributed by atoms with Gasteiger partial charge in [0.05, 0.1) is 12.3 Å². The molecule has 3 heterocycles. The fraction of sp³-hybridized carbons (Fsp3) is 0.357. The Balaban J connectivity index is 1.95. The fourth-order valence-electron chi connectivity index (χ4n) is 2.45. The molecule has 21 heavy (non-hydrogen) atoms. The average Bonchev–Trinajstić information content (AvgIpc) is 2.85. The third kappa shape index (κ3) is 2.73. The summed E-state index contributed by atoms with van der Waals surface area (Å²) in [7, 11) is 2.04. The zero-order chi connectivity index (χ0) is 14.8. The van der Waals surface area contributed by atoms with Crippen LogP contribution in [0.5, 0.6) is 0 Å². The average molecular weight is 286 g/mol. The molecule has 0 aliphatic carbocycles. The number of fused-ring (bicyclic) bond motifs is 1. The molecule has 0 unspecified atom stereocenters. The number of rotatable bonds is 4. The quantitative estimate of drug-likeness (QED) is 0.753. The van der Waals surface area contributed by atoms with Crippen molar-refractivity contribution in [2.75, 3.05) is 42.7 Å². The second kappa shape index (κ2) is 5.53. The van der Waals surface area contributed by atoms with Crippen molar-refractivity contribution in [1.82, 2.24) is 15.0 Å². The normalized spacial score (nSPS) is 13.3. The van der Waals surface area contributed by atoms with Crippen molar-refractivity contribution < 1.29 is 5.11 Å². The number of pyridine rings is 1. The summed E-state index contributed by atoms with van der Waals surface area (Å²) in [6, 6.07) is 3.91. The van der Waals surface area contributed by atoms with Crippen LogP contribution in [0.4, 0.5) is 17.6 Å². The number of aliphatic hydroxyl groups is 1. The summed E-state index contributed by atoms with van der Waals surface area (Å²) in [6.07, 6.45) is 2.79. The van der Waals surface area contributed by atoms with E-state index in [2.05, 4.69) is 31.2 Å². The number of anilines is 3. The first-order valence-electron chi connectivity index (χ1n) is 6.87. The van der Waals surface area contributed by atoms with Crippen molar-refractivity contribution in [3.63, 3.8) is 0 Å². The molecule has 0 saturated heterocycles. The van der Waals surface area contributed by atoms with Crippen LogP contribution < -0.4 is 16.0 Å². The first-order chi connectivity index (χ1) is 10.2. The van der Waals surface area contributed by atoms with Crippen molar-refractivity contribution in [1.29, 1.82) is 0 Å². The van der Waals surface area contributed by atoms with Gasteiger partial charge < -0.3 is 21.1 Å². The first-order valence-corrected chi connectivity index (χ1v) is 6.87. The number of nitrogens with two attached hydrogens (primary N) is 1. The van der Waals surface area contributed by atoms with Gasteiger partial charge in [0.25, 0.3) is 0 Å². The number of aliphatic hydroxyl groups excluding tert-OH is 1. The number of aromatic nitrogens is 3. The van der Waals surface area contributed by atoms with Gasteiger partial charge in [-0.3, -0.25) is 0 Å². The van der Waals surface area contributed by atoms with Crippen molar-refractivity contribution in [3.05, 3.63) is 23.9 Å². The standard InChI is InChI=1S/C14H18N6O/c1-20-4-2-9-6-10(8-17-13(9)20)11-7-12(16-3-5-21)19-14(15)18-11/h6-8,21H,2-5H2,1H3,(H3,15,16,18,19). The molecule has 7 nitrogen and oxygen atoms in total. The van der Waals surface area contributed by atoms with Gasteiger partial charge in [0, 0.05) is 38.0 Å². The summed E-state index contributed by atoms with van der Waals surface area (Å²) in [5, 5.41) is 11.9. The largest absolute Gasteiger partial charge is 0.395 e. The smallest absolute Gasteiger partial charge is 0.222 e. The van der Waals surface area contributed by atoms with E-state index in [1.807, 2.05) is 13.1 Å². The molecule has 2 aromatic heterocycles. The van der Waals surface area contributed by atoms with Crippen molar-refractivity contribution in [3.8, 4) is 11.3 Å². The zero-order valence-corrected chi connectivity index (χ0v) is 11.9.